The number of nitriles is 1. The highest BCUT2D eigenvalue weighted by atomic mass is 16.5. The van der Waals surface area contributed by atoms with Crippen molar-refractivity contribution in [2.24, 2.45) is 0 Å². The summed E-state index contributed by atoms with van der Waals surface area (Å²) < 4.78 is 5.18. The van der Waals surface area contributed by atoms with E-state index in [-0.39, 0.29) is 0 Å². The van der Waals surface area contributed by atoms with Gasteiger partial charge in [-0.15, -0.1) is 0 Å². The summed E-state index contributed by atoms with van der Waals surface area (Å²) in [6.07, 6.45) is 0. The Morgan fingerprint density at radius 3 is 2.63 bits per heavy atom. The van der Waals surface area contributed by atoms with Crippen LogP contribution >= 0.6 is 0 Å². The normalized spacial score (nSPS) is 23.9. The maximum atomic E-state index is 9.13. The minimum Gasteiger partial charge on any atom is -0.495 e. The second-order valence-corrected chi connectivity index (χ2v) is 5.18. The smallest absolute Gasteiger partial charge is 0.136 e. The van der Waals surface area contributed by atoms with Crippen molar-refractivity contribution in [3.05, 3.63) is 29.3 Å². The number of hydrogen-bond acceptors (Lipinski definition) is 4. The van der Waals surface area contributed by atoms with Crippen LogP contribution in [0.5, 0.6) is 5.75 Å². The second-order valence-electron chi connectivity index (χ2n) is 5.18. The molecule has 1 fully saturated rings. The molecule has 0 aromatic heterocycles. The first-order chi connectivity index (χ1) is 9.15. The SMILES string of the molecule is COc1ccc(CN2C(C)CNCC2C)cc1C#N. The monoisotopic (exact) mass is 259 g/mol. The highest BCUT2D eigenvalue weighted by Crippen LogP contribution is 2.21. The van der Waals surface area contributed by atoms with Crippen LogP contribution in [0, 0.1) is 11.3 Å². The van der Waals surface area contributed by atoms with E-state index in [9.17, 15) is 0 Å². The number of piperazine rings is 1. The summed E-state index contributed by atoms with van der Waals surface area (Å²) in [4.78, 5) is 2.47. The predicted octanol–water partition coefficient (Wildman–Crippen LogP) is 1.75. The van der Waals surface area contributed by atoms with E-state index in [0.717, 1.165) is 25.2 Å². The number of benzene rings is 1. The predicted molar refractivity (Wildman–Crippen MR) is 75.0 cm³/mol. The first-order valence-electron chi connectivity index (χ1n) is 6.69. The average molecular weight is 259 g/mol. The Balaban J connectivity index is 2.16. The quantitative estimate of drug-likeness (QED) is 0.898. The van der Waals surface area contributed by atoms with Crippen LogP contribution in [0.4, 0.5) is 0 Å². The molecule has 2 atom stereocenters. The van der Waals surface area contributed by atoms with Gasteiger partial charge in [-0.3, -0.25) is 4.90 Å². The maximum absolute atomic E-state index is 9.13. The van der Waals surface area contributed by atoms with Crippen LogP contribution < -0.4 is 10.1 Å². The van der Waals surface area contributed by atoms with Crippen molar-refractivity contribution in [1.29, 1.82) is 5.26 Å². The van der Waals surface area contributed by atoms with E-state index in [4.69, 9.17) is 10.00 Å². The van der Waals surface area contributed by atoms with Crippen LogP contribution in [-0.4, -0.2) is 37.2 Å². The van der Waals surface area contributed by atoms with Gasteiger partial charge in [-0.25, -0.2) is 0 Å². The van der Waals surface area contributed by atoms with E-state index in [2.05, 4.69) is 30.1 Å². The number of hydrogen-bond donors (Lipinski definition) is 1. The van der Waals surface area contributed by atoms with Gasteiger partial charge >= 0.3 is 0 Å². The van der Waals surface area contributed by atoms with Crippen molar-refractivity contribution in [3.8, 4) is 11.8 Å². The van der Waals surface area contributed by atoms with Gasteiger partial charge in [0.05, 0.1) is 12.7 Å². The van der Waals surface area contributed by atoms with E-state index in [1.807, 2.05) is 18.2 Å². The lowest BCUT2D eigenvalue weighted by molar-refractivity contribution is 0.109. The molecule has 1 aliphatic heterocycles. The van der Waals surface area contributed by atoms with Gasteiger partial charge in [0.1, 0.15) is 11.8 Å². The lowest BCUT2D eigenvalue weighted by Crippen LogP contribution is -2.54. The molecule has 4 heteroatoms. The summed E-state index contributed by atoms with van der Waals surface area (Å²) in [5.74, 6) is 0.646. The van der Waals surface area contributed by atoms with E-state index in [1.54, 1.807) is 7.11 Å². The molecule has 0 aliphatic carbocycles. The average Bonchev–Trinajstić information content (AvgIpc) is 2.42. The molecule has 0 radical (unpaired) electrons. The van der Waals surface area contributed by atoms with Crippen LogP contribution in [-0.2, 0) is 6.54 Å². The molecule has 0 spiro atoms. The molecule has 0 bridgehead atoms. The van der Waals surface area contributed by atoms with Crippen LogP contribution in [0.2, 0.25) is 0 Å². The Bertz CT molecular complexity index is 471. The number of nitrogens with one attached hydrogen (secondary N) is 1. The van der Waals surface area contributed by atoms with E-state index in [1.165, 1.54) is 0 Å². The summed E-state index contributed by atoms with van der Waals surface area (Å²) in [6, 6.07) is 9.07. The summed E-state index contributed by atoms with van der Waals surface area (Å²) in [5.41, 5.74) is 1.77. The Labute approximate surface area is 115 Å². The summed E-state index contributed by atoms with van der Waals surface area (Å²) >= 11 is 0. The topological polar surface area (TPSA) is 48.3 Å². The van der Waals surface area contributed by atoms with E-state index in [0.29, 0.717) is 23.4 Å². The number of rotatable bonds is 3. The molecule has 0 saturated carbocycles. The molecule has 102 valence electrons. The fraction of sp³-hybridized carbons (Fsp3) is 0.533. The third kappa shape index (κ3) is 3.06. The van der Waals surface area contributed by atoms with Gasteiger partial charge in [0.25, 0.3) is 0 Å². The zero-order valence-electron chi connectivity index (χ0n) is 11.8. The number of nitrogens with zero attached hydrogens (tertiary/aromatic N) is 2. The second kappa shape index (κ2) is 6.05. The molecule has 1 saturated heterocycles. The van der Waals surface area contributed by atoms with Crippen molar-refractivity contribution in [1.82, 2.24) is 10.2 Å². The van der Waals surface area contributed by atoms with Crippen molar-refractivity contribution in [2.75, 3.05) is 20.2 Å². The first-order valence-corrected chi connectivity index (χ1v) is 6.69. The fourth-order valence-electron chi connectivity index (χ4n) is 2.63. The van der Waals surface area contributed by atoms with Crippen molar-refractivity contribution in [3.63, 3.8) is 0 Å². The summed E-state index contributed by atoms with van der Waals surface area (Å²) in [5, 5.41) is 12.6. The zero-order valence-corrected chi connectivity index (χ0v) is 11.8. The molecule has 1 aromatic rings. The third-order valence-electron chi connectivity index (χ3n) is 3.76. The Kier molecular flexibility index (Phi) is 4.41. The van der Waals surface area contributed by atoms with E-state index >= 15 is 0 Å². The van der Waals surface area contributed by atoms with Gasteiger partial charge in [-0.05, 0) is 31.5 Å². The Morgan fingerprint density at radius 2 is 2.05 bits per heavy atom. The standard InChI is InChI=1S/C15H21N3O/c1-11-8-17-9-12(2)18(11)10-13-4-5-15(19-3)14(6-13)7-16/h4-6,11-12,17H,8-10H2,1-3H3. The Hall–Kier alpha value is -1.57. The molecule has 1 aromatic carbocycles. The lowest BCUT2D eigenvalue weighted by Gasteiger charge is -2.39. The highest BCUT2D eigenvalue weighted by Gasteiger charge is 2.24. The fourth-order valence-corrected chi connectivity index (χ4v) is 2.63. The Morgan fingerprint density at radius 1 is 1.37 bits per heavy atom. The van der Waals surface area contributed by atoms with Gasteiger partial charge in [0.2, 0.25) is 0 Å². The molecule has 1 heterocycles. The molecular formula is C15H21N3O. The van der Waals surface area contributed by atoms with Crippen molar-refractivity contribution < 1.29 is 4.74 Å². The molecule has 2 unspecified atom stereocenters. The minimum absolute atomic E-state index is 0.511. The van der Waals surface area contributed by atoms with Crippen molar-refractivity contribution >= 4 is 0 Å². The maximum Gasteiger partial charge on any atom is 0.136 e. The lowest BCUT2D eigenvalue weighted by atomic mass is 10.1. The zero-order chi connectivity index (χ0) is 13.8. The van der Waals surface area contributed by atoms with Crippen molar-refractivity contribution in [2.45, 2.75) is 32.5 Å². The van der Waals surface area contributed by atoms with Gasteiger partial charge in [0.15, 0.2) is 0 Å². The molecular weight excluding hydrogens is 238 g/mol. The molecule has 4 nitrogen and oxygen atoms in total. The van der Waals surface area contributed by atoms with Gasteiger partial charge in [0, 0.05) is 31.7 Å². The number of methoxy groups -OCH3 is 1. The van der Waals surface area contributed by atoms with Gasteiger partial charge in [-0.1, -0.05) is 6.07 Å². The van der Waals surface area contributed by atoms with Gasteiger partial charge in [-0.2, -0.15) is 5.26 Å². The van der Waals surface area contributed by atoms with Crippen LogP contribution in [0.25, 0.3) is 0 Å². The van der Waals surface area contributed by atoms with Gasteiger partial charge < -0.3 is 10.1 Å². The molecule has 2 rings (SSSR count). The van der Waals surface area contributed by atoms with E-state index < -0.39 is 0 Å². The molecule has 1 N–H and O–H groups in total. The summed E-state index contributed by atoms with van der Waals surface area (Å²) in [6.45, 7) is 7.38. The van der Waals surface area contributed by atoms with Crippen LogP contribution in [0.15, 0.2) is 18.2 Å². The molecule has 19 heavy (non-hydrogen) atoms. The molecule has 0 amide bonds. The van der Waals surface area contributed by atoms with Crippen LogP contribution in [0.1, 0.15) is 25.0 Å². The highest BCUT2D eigenvalue weighted by molar-refractivity contribution is 5.45. The third-order valence-corrected chi connectivity index (χ3v) is 3.76. The summed E-state index contributed by atoms with van der Waals surface area (Å²) in [7, 11) is 1.59. The largest absolute Gasteiger partial charge is 0.495 e. The number of ether oxygens (including phenoxy) is 1. The molecule has 1 aliphatic rings. The van der Waals surface area contributed by atoms with Crippen LogP contribution in [0.3, 0.4) is 0 Å². The first kappa shape index (κ1) is 13.9. The minimum atomic E-state index is 0.511.